The average Bonchev–Trinajstić information content (AvgIpc) is 2.97. The van der Waals surface area contributed by atoms with Crippen LogP contribution in [0, 0.1) is 5.92 Å². The van der Waals surface area contributed by atoms with Crippen molar-refractivity contribution in [2.45, 2.75) is 45.3 Å². The zero-order chi connectivity index (χ0) is 19.9. The second kappa shape index (κ2) is 6.86. The van der Waals surface area contributed by atoms with Gasteiger partial charge in [-0.1, -0.05) is 19.9 Å². The third-order valence-electron chi connectivity index (χ3n) is 4.86. The highest BCUT2D eigenvalue weighted by Crippen LogP contribution is 2.35. The molecule has 1 atom stereocenters. The summed E-state index contributed by atoms with van der Waals surface area (Å²) in [5.41, 5.74) is 2.97. The van der Waals surface area contributed by atoms with Crippen molar-refractivity contribution in [2.24, 2.45) is 5.92 Å². The number of hydrogen-bond donors (Lipinski definition) is 2. The van der Waals surface area contributed by atoms with Gasteiger partial charge in [0.2, 0.25) is 5.91 Å². The number of hydrogen-bond acceptors (Lipinski definition) is 3. The molecule has 3 rings (SSSR count). The van der Waals surface area contributed by atoms with Crippen LogP contribution in [0.4, 0.5) is 13.2 Å². The Bertz CT molecular complexity index is 889. The van der Waals surface area contributed by atoms with Crippen molar-refractivity contribution in [2.75, 3.05) is 6.54 Å². The second-order valence-corrected chi connectivity index (χ2v) is 7.23. The van der Waals surface area contributed by atoms with Crippen LogP contribution in [0.3, 0.4) is 0 Å². The topological polar surface area (TPSA) is 86.3 Å². The largest absolute Gasteiger partial charge is 0.481 e. The van der Waals surface area contributed by atoms with E-state index in [2.05, 4.69) is 10.2 Å². The van der Waals surface area contributed by atoms with Crippen LogP contribution in [-0.4, -0.2) is 44.8 Å². The number of fused-ring (bicyclic) bond motifs is 3. The van der Waals surface area contributed by atoms with E-state index < -0.39 is 36.9 Å². The molecule has 1 amide bonds. The number of nitrogens with one attached hydrogen (secondary N) is 1. The number of halogens is 3. The Morgan fingerprint density at radius 2 is 2.15 bits per heavy atom. The molecular formula is C18H20F3N3O3. The van der Waals surface area contributed by atoms with E-state index in [1.54, 1.807) is 6.20 Å². The summed E-state index contributed by atoms with van der Waals surface area (Å²) in [7, 11) is 0. The minimum Gasteiger partial charge on any atom is -0.481 e. The van der Waals surface area contributed by atoms with Gasteiger partial charge in [0.1, 0.15) is 6.54 Å². The van der Waals surface area contributed by atoms with Gasteiger partial charge in [-0.05, 0) is 29.0 Å². The maximum atomic E-state index is 13.0. The van der Waals surface area contributed by atoms with E-state index >= 15 is 0 Å². The van der Waals surface area contributed by atoms with Crippen LogP contribution in [0.5, 0.6) is 0 Å². The van der Waals surface area contributed by atoms with Gasteiger partial charge in [0.15, 0.2) is 0 Å². The number of nitrogens with zero attached hydrogens (tertiary/aromatic N) is 2. The average molecular weight is 383 g/mol. The SMILES string of the molecule is CC(C)c1cc2c(c3cn[nH]c13)CN(CC(F)(F)F)C(=O)[C@H](CC(=O)O)C2. The van der Waals surface area contributed by atoms with E-state index in [0.717, 1.165) is 11.1 Å². The number of aromatic amines is 1. The van der Waals surface area contributed by atoms with Gasteiger partial charge in [-0.25, -0.2) is 0 Å². The summed E-state index contributed by atoms with van der Waals surface area (Å²) in [6, 6.07) is 1.86. The predicted octanol–water partition coefficient (Wildman–Crippen LogP) is 3.22. The first-order valence-electron chi connectivity index (χ1n) is 8.62. The molecule has 0 unspecified atom stereocenters. The Labute approximate surface area is 153 Å². The molecule has 146 valence electrons. The highest BCUT2D eigenvalue weighted by Gasteiger charge is 2.39. The van der Waals surface area contributed by atoms with Crippen LogP contribution >= 0.6 is 0 Å². The van der Waals surface area contributed by atoms with Crippen LogP contribution in [0.25, 0.3) is 10.9 Å². The third-order valence-corrected chi connectivity index (χ3v) is 4.86. The lowest BCUT2D eigenvalue weighted by Crippen LogP contribution is -2.41. The molecule has 1 aromatic carbocycles. The maximum Gasteiger partial charge on any atom is 0.406 e. The van der Waals surface area contributed by atoms with Crippen LogP contribution in [0.1, 0.15) is 42.9 Å². The number of carboxylic acids is 1. The van der Waals surface area contributed by atoms with Crippen LogP contribution in [-0.2, 0) is 22.6 Å². The van der Waals surface area contributed by atoms with Crippen molar-refractivity contribution in [1.29, 1.82) is 0 Å². The van der Waals surface area contributed by atoms with E-state index in [9.17, 15) is 22.8 Å². The number of carboxylic acid groups (broad SMARTS) is 1. The molecule has 2 N–H and O–H groups in total. The smallest absolute Gasteiger partial charge is 0.406 e. The Morgan fingerprint density at radius 1 is 1.44 bits per heavy atom. The molecule has 0 spiro atoms. The molecule has 0 saturated heterocycles. The van der Waals surface area contributed by atoms with Gasteiger partial charge in [0.05, 0.1) is 24.1 Å². The fourth-order valence-corrected chi connectivity index (χ4v) is 3.68. The Kier molecular flexibility index (Phi) is 4.88. The number of aromatic nitrogens is 2. The summed E-state index contributed by atoms with van der Waals surface area (Å²) in [6.45, 7) is 2.33. The molecule has 27 heavy (non-hydrogen) atoms. The van der Waals surface area contributed by atoms with Crippen molar-refractivity contribution < 1.29 is 27.9 Å². The summed E-state index contributed by atoms with van der Waals surface area (Å²) in [5.74, 6) is -2.90. The quantitative estimate of drug-likeness (QED) is 0.849. The first kappa shape index (κ1) is 19.2. The molecule has 1 aliphatic heterocycles. The van der Waals surface area contributed by atoms with Gasteiger partial charge in [0, 0.05) is 11.9 Å². The lowest BCUT2D eigenvalue weighted by molar-refractivity contribution is -0.165. The molecule has 0 bridgehead atoms. The van der Waals surface area contributed by atoms with Gasteiger partial charge < -0.3 is 10.0 Å². The van der Waals surface area contributed by atoms with Crippen LogP contribution in [0.2, 0.25) is 0 Å². The van der Waals surface area contributed by atoms with Gasteiger partial charge in [0.25, 0.3) is 0 Å². The number of carbonyl (C=O) groups excluding carboxylic acids is 1. The Balaban J connectivity index is 2.15. The lowest BCUT2D eigenvalue weighted by Gasteiger charge is -2.25. The molecule has 2 aromatic rings. The normalized spacial score (nSPS) is 18.1. The first-order chi connectivity index (χ1) is 12.6. The zero-order valence-electron chi connectivity index (χ0n) is 14.9. The Hall–Kier alpha value is -2.58. The summed E-state index contributed by atoms with van der Waals surface area (Å²) >= 11 is 0. The number of alkyl halides is 3. The number of aliphatic carboxylic acids is 1. The standard InChI is InChI=1S/C18H20F3N3O3/c1-9(2)12-4-10-3-11(5-15(25)26)17(27)24(8-18(19,20)21)7-14(10)13-6-22-23-16(12)13/h4,6,9,11H,3,5,7-8H2,1-2H3,(H,22,23)(H,25,26)/t11-/m0/s1. The second-order valence-electron chi connectivity index (χ2n) is 7.23. The fourth-order valence-electron chi connectivity index (χ4n) is 3.68. The molecule has 2 heterocycles. The number of benzene rings is 1. The van der Waals surface area contributed by atoms with Gasteiger partial charge in [-0.15, -0.1) is 0 Å². The van der Waals surface area contributed by atoms with Crippen molar-refractivity contribution in [3.63, 3.8) is 0 Å². The number of H-pyrrole nitrogens is 1. The molecule has 6 nitrogen and oxygen atoms in total. The minimum absolute atomic E-state index is 0.0929. The van der Waals surface area contributed by atoms with Gasteiger partial charge in [-0.2, -0.15) is 18.3 Å². The van der Waals surface area contributed by atoms with Gasteiger partial charge in [-0.3, -0.25) is 14.7 Å². The summed E-state index contributed by atoms with van der Waals surface area (Å²) in [5, 5.41) is 16.7. The number of carbonyl (C=O) groups is 2. The highest BCUT2D eigenvalue weighted by molar-refractivity contribution is 5.89. The van der Waals surface area contributed by atoms with Crippen molar-refractivity contribution >= 4 is 22.8 Å². The predicted molar refractivity (Wildman–Crippen MR) is 91.1 cm³/mol. The van der Waals surface area contributed by atoms with E-state index in [1.807, 2.05) is 19.9 Å². The molecule has 1 aromatic heterocycles. The summed E-state index contributed by atoms with van der Waals surface area (Å²) < 4.78 is 39.0. The summed E-state index contributed by atoms with van der Waals surface area (Å²) in [6.07, 6.45) is -3.43. The summed E-state index contributed by atoms with van der Waals surface area (Å²) in [4.78, 5) is 24.5. The third kappa shape index (κ3) is 3.91. The molecule has 0 saturated carbocycles. The van der Waals surface area contributed by atoms with Crippen molar-refractivity contribution in [3.8, 4) is 0 Å². The maximum absolute atomic E-state index is 13.0. The molecule has 0 radical (unpaired) electrons. The van der Waals surface area contributed by atoms with Crippen molar-refractivity contribution in [1.82, 2.24) is 15.1 Å². The minimum atomic E-state index is -4.57. The molecule has 1 aliphatic rings. The Morgan fingerprint density at radius 3 is 2.74 bits per heavy atom. The first-order valence-corrected chi connectivity index (χ1v) is 8.62. The van der Waals surface area contributed by atoms with E-state index in [0.29, 0.717) is 21.4 Å². The van der Waals surface area contributed by atoms with Gasteiger partial charge >= 0.3 is 12.1 Å². The van der Waals surface area contributed by atoms with E-state index in [1.165, 1.54) is 0 Å². The van der Waals surface area contributed by atoms with Crippen molar-refractivity contribution in [3.05, 3.63) is 29.0 Å². The van der Waals surface area contributed by atoms with E-state index in [-0.39, 0.29) is 18.9 Å². The van der Waals surface area contributed by atoms with Crippen LogP contribution < -0.4 is 0 Å². The zero-order valence-corrected chi connectivity index (χ0v) is 14.9. The number of rotatable bonds is 4. The fraction of sp³-hybridized carbons (Fsp3) is 0.500. The highest BCUT2D eigenvalue weighted by atomic mass is 19.4. The monoisotopic (exact) mass is 383 g/mol. The lowest BCUT2D eigenvalue weighted by atomic mass is 9.89. The molecule has 9 heteroatoms. The van der Waals surface area contributed by atoms with E-state index in [4.69, 9.17) is 5.11 Å². The van der Waals surface area contributed by atoms with Crippen LogP contribution in [0.15, 0.2) is 12.3 Å². The molecule has 0 fully saturated rings. The number of amides is 1. The molecule has 0 aliphatic carbocycles. The molecular weight excluding hydrogens is 363 g/mol.